The normalized spacial score (nSPS) is 10.9. The van der Waals surface area contributed by atoms with Gasteiger partial charge in [-0.25, -0.2) is 0 Å². The Morgan fingerprint density at radius 1 is 1.17 bits per heavy atom. The van der Waals surface area contributed by atoms with Crippen LogP contribution in [0, 0.1) is 0 Å². The van der Waals surface area contributed by atoms with E-state index in [0.717, 1.165) is 6.54 Å². The number of hydrogen-bond donors (Lipinski definition) is 1. The average Bonchev–Trinajstić information content (AvgIpc) is 2.87. The van der Waals surface area contributed by atoms with Gasteiger partial charge in [0.15, 0.2) is 0 Å². The number of rotatable bonds is 3. The van der Waals surface area contributed by atoms with E-state index in [4.69, 9.17) is 0 Å². The van der Waals surface area contributed by atoms with Gasteiger partial charge < -0.3 is 5.32 Å². The Balaban J connectivity index is 2.12. The van der Waals surface area contributed by atoms with E-state index < -0.39 is 0 Å². The maximum absolute atomic E-state index is 4.18. The first-order valence-corrected chi connectivity index (χ1v) is 6.76. The van der Waals surface area contributed by atoms with E-state index in [-0.39, 0.29) is 0 Å². The summed E-state index contributed by atoms with van der Waals surface area (Å²) in [5.74, 6) is 0. The lowest BCUT2D eigenvalue weighted by molar-refractivity contribution is 0.831. The van der Waals surface area contributed by atoms with Gasteiger partial charge in [0.25, 0.3) is 0 Å². The van der Waals surface area contributed by atoms with Crippen LogP contribution in [0.25, 0.3) is 21.2 Å². The standard InChI is InChI=1S/C15H14N2S/c1-16-10-12-5-6-15(18-12)14-4-2-3-11-9-17-8-7-13(11)14/h2-9,16H,10H2,1H3. The van der Waals surface area contributed by atoms with Gasteiger partial charge in [-0.2, -0.15) is 0 Å². The van der Waals surface area contributed by atoms with Crippen molar-refractivity contribution in [3.63, 3.8) is 0 Å². The summed E-state index contributed by atoms with van der Waals surface area (Å²) in [7, 11) is 1.98. The Labute approximate surface area is 110 Å². The number of pyridine rings is 1. The first kappa shape index (κ1) is 11.4. The molecule has 0 amide bonds. The van der Waals surface area contributed by atoms with Gasteiger partial charge in [0.2, 0.25) is 0 Å². The maximum Gasteiger partial charge on any atom is 0.0352 e. The third-order valence-electron chi connectivity index (χ3n) is 2.96. The molecule has 2 heterocycles. The molecule has 0 atom stereocenters. The molecule has 0 aliphatic heterocycles. The summed E-state index contributed by atoms with van der Waals surface area (Å²) in [5.41, 5.74) is 1.29. The van der Waals surface area contributed by atoms with Gasteiger partial charge in [-0.3, -0.25) is 4.98 Å². The van der Waals surface area contributed by atoms with E-state index in [1.807, 2.05) is 30.8 Å². The SMILES string of the molecule is CNCc1ccc(-c2cccc3cnccc23)s1. The fourth-order valence-electron chi connectivity index (χ4n) is 2.13. The van der Waals surface area contributed by atoms with E-state index >= 15 is 0 Å². The van der Waals surface area contributed by atoms with Crippen LogP contribution < -0.4 is 5.32 Å². The highest BCUT2D eigenvalue weighted by atomic mass is 32.1. The van der Waals surface area contributed by atoms with Gasteiger partial charge in [-0.1, -0.05) is 18.2 Å². The molecule has 2 nitrogen and oxygen atoms in total. The van der Waals surface area contributed by atoms with Crippen LogP contribution in [-0.4, -0.2) is 12.0 Å². The van der Waals surface area contributed by atoms with Crippen molar-refractivity contribution in [2.75, 3.05) is 7.05 Å². The molecule has 0 bridgehead atoms. The number of hydrogen-bond acceptors (Lipinski definition) is 3. The average molecular weight is 254 g/mol. The van der Waals surface area contributed by atoms with Gasteiger partial charge in [0.05, 0.1) is 0 Å². The molecule has 0 aliphatic carbocycles. The fourth-order valence-corrected chi connectivity index (χ4v) is 3.19. The molecule has 1 aromatic carbocycles. The molecule has 3 rings (SSSR count). The number of thiophene rings is 1. The molecule has 0 spiro atoms. The molecule has 0 radical (unpaired) electrons. The third-order valence-corrected chi connectivity index (χ3v) is 4.08. The molecule has 0 unspecified atom stereocenters. The summed E-state index contributed by atoms with van der Waals surface area (Å²) in [6.07, 6.45) is 3.77. The van der Waals surface area contributed by atoms with Crippen molar-refractivity contribution in [1.82, 2.24) is 10.3 Å². The molecule has 3 heteroatoms. The molecule has 0 fully saturated rings. The monoisotopic (exact) mass is 254 g/mol. The van der Waals surface area contributed by atoms with Crippen molar-refractivity contribution < 1.29 is 0 Å². The van der Waals surface area contributed by atoms with Crippen LogP contribution in [0.1, 0.15) is 4.88 Å². The van der Waals surface area contributed by atoms with Crippen LogP contribution in [-0.2, 0) is 6.54 Å². The Kier molecular flexibility index (Phi) is 3.09. The van der Waals surface area contributed by atoms with Crippen molar-refractivity contribution >= 4 is 22.1 Å². The van der Waals surface area contributed by atoms with E-state index in [1.165, 1.54) is 26.1 Å². The van der Waals surface area contributed by atoms with Crippen molar-refractivity contribution in [1.29, 1.82) is 0 Å². The van der Waals surface area contributed by atoms with Crippen molar-refractivity contribution in [2.45, 2.75) is 6.54 Å². The molecule has 0 aliphatic rings. The Bertz CT molecular complexity index is 668. The zero-order valence-electron chi connectivity index (χ0n) is 10.2. The molecule has 18 heavy (non-hydrogen) atoms. The van der Waals surface area contributed by atoms with Crippen molar-refractivity contribution in [3.05, 3.63) is 53.7 Å². The zero-order chi connectivity index (χ0) is 12.4. The van der Waals surface area contributed by atoms with E-state index in [1.54, 1.807) is 0 Å². The topological polar surface area (TPSA) is 24.9 Å². The molecule has 90 valence electrons. The van der Waals surface area contributed by atoms with Gasteiger partial charge >= 0.3 is 0 Å². The second-order valence-corrected chi connectivity index (χ2v) is 5.37. The third kappa shape index (κ3) is 2.03. The molecular formula is C15H14N2S. The lowest BCUT2D eigenvalue weighted by Gasteiger charge is -2.03. The molecule has 0 saturated heterocycles. The number of fused-ring (bicyclic) bond motifs is 1. The predicted molar refractivity (Wildman–Crippen MR) is 77.8 cm³/mol. The van der Waals surface area contributed by atoms with Crippen LogP contribution in [0.3, 0.4) is 0 Å². The quantitative estimate of drug-likeness (QED) is 0.771. The highest BCUT2D eigenvalue weighted by molar-refractivity contribution is 7.15. The van der Waals surface area contributed by atoms with E-state index in [2.05, 4.69) is 46.7 Å². The van der Waals surface area contributed by atoms with Crippen molar-refractivity contribution in [2.24, 2.45) is 0 Å². The van der Waals surface area contributed by atoms with Gasteiger partial charge in [0.1, 0.15) is 0 Å². The van der Waals surface area contributed by atoms with E-state index in [0.29, 0.717) is 0 Å². The second kappa shape index (κ2) is 4.88. The van der Waals surface area contributed by atoms with Crippen LogP contribution in [0.4, 0.5) is 0 Å². The van der Waals surface area contributed by atoms with Gasteiger partial charge in [-0.15, -0.1) is 11.3 Å². The highest BCUT2D eigenvalue weighted by Crippen LogP contribution is 2.33. The predicted octanol–water partition coefficient (Wildman–Crippen LogP) is 3.68. The second-order valence-electron chi connectivity index (χ2n) is 4.20. The van der Waals surface area contributed by atoms with Crippen LogP contribution in [0.2, 0.25) is 0 Å². The number of aromatic nitrogens is 1. The summed E-state index contributed by atoms with van der Waals surface area (Å²) < 4.78 is 0. The van der Waals surface area contributed by atoms with Crippen LogP contribution >= 0.6 is 11.3 Å². The highest BCUT2D eigenvalue weighted by Gasteiger charge is 2.06. The number of nitrogens with one attached hydrogen (secondary N) is 1. The lowest BCUT2D eigenvalue weighted by Crippen LogP contribution is -2.02. The molecular weight excluding hydrogens is 240 g/mol. The molecule has 2 aromatic heterocycles. The lowest BCUT2D eigenvalue weighted by atomic mass is 10.1. The first-order valence-electron chi connectivity index (χ1n) is 5.95. The minimum absolute atomic E-state index is 0.928. The number of nitrogens with zero attached hydrogens (tertiary/aromatic N) is 1. The largest absolute Gasteiger partial charge is 0.315 e. The zero-order valence-corrected chi connectivity index (χ0v) is 11.0. The summed E-state index contributed by atoms with van der Waals surface area (Å²) >= 11 is 1.84. The number of benzene rings is 1. The van der Waals surface area contributed by atoms with Crippen molar-refractivity contribution in [3.8, 4) is 10.4 Å². The summed E-state index contributed by atoms with van der Waals surface area (Å²) in [5, 5.41) is 5.65. The Hall–Kier alpha value is -1.71. The maximum atomic E-state index is 4.18. The molecule has 1 N–H and O–H groups in total. The van der Waals surface area contributed by atoms with Gasteiger partial charge in [0, 0.05) is 34.1 Å². The van der Waals surface area contributed by atoms with Crippen LogP contribution in [0.15, 0.2) is 48.8 Å². The fraction of sp³-hybridized carbons (Fsp3) is 0.133. The molecule has 3 aromatic rings. The smallest absolute Gasteiger partial charge is 0.0352 e. The van der Waals surface area contributed by atoms with E-state index in [9.17, 15) is 0 Å². The Morgan fingerprint density at radius 3 is 3.00 bits per heavy atom. The summed E-state index contributed by atoms with van der Waals surface area (Å²) in [6.45, 7) is 0.928. The summed E-state index contributed by atoms with van der Waals surface area (Å²) in [6, 6.07) is 12.9. The minimum atomic E-state index is 0.928. The minimum Gasteiger partial charge on any atom is -0.315 e. The van der Waals surface area contributed by atoms with Crippen LogP contribution in [0.5, 0.6) is 0 Å². The van der Waals surface area contributed by atoms with Gasteiger partial charge in [-0.05, 0) is 36.2 Å². The summed E-state index contributed by atoms with van der Waals surface area (Å²) in [4.78, 5) is 6.85. The molecule has 0 saturated carbocycles. The first-order chi connectivity index (χ1) is 8.88. The Morgan fingerprint density at radius 2 is 2.11 bits per heavy atom.